The largest absolute Gasteiger partial charge is 0.468 e. The summed E-state index contributed by atoms with van der Waals surface area (Å²) in [5, 5.41) is 5.41. The number of aromatic nitrogens is 2. The lowest BCUT2D eigenvalue weighted by atomic mass is 10.3. The topological polar surface area (TPSA) is 56.1 Å². The molecule has 20 heavy (non-hydrogen) atoms. The minimum absolute atomic E-state index is 0.0746. The highest BCUT2D eigenvalue weighted by Crippen LogP contribution is 2.08. The Morgan fingerprint density at radius 1 is 1.45 bits per heavy atom. The molecule has 2 heterocycles. The molecule has 0 saturated carbocycles. The monoisotopic (exact) mass is 293 g/mol. The summed E-state index contributed by atoms with van der Waals surface area (Å²) in [6.45, 7) is 3.95. The number of nitrogens with one attached hydrogen (secondary N) is 1. The van der Waals surface area contributed by atoms with Gasteiger partial charge in [0.2, 0.25) is 0 Å². The fourth-order valence-corrected chi connectivity index (χ4v) is 2.65. The number of thiophene rings is 1. The molecule has 2 rings (SSSR count). The Kier molecular flexibility index (Phi) is 5.31. The van der Waals surface area contributed by atoms with E-state index >= 15 is 0 Å². The highest BCUT2D eigenvalue weighted by atomic mass is 32.1. The van der Waals surface area contributed by atoms with Gasteiger partial charge in [0, 0.05) is 36.3 Å². The molecule has 0 amide bonds. The van der Waals surface area contributed by atoms with Gasteiger partial charge in [-0.1, -0.05) is 6.07 Å². The van der Waals surface area contributed by atoms with Gasteiger partial charge in [0.1, 0.15) is 0 Å². The summed E-state index contributed by atoms with van der Waals surface area (Å²) in [5.41, 5.74) is 0.600. The van der Waals surface area contributed by atoms with E-state index in [1.54, 1.807) is 22.8 Å². The van der Waals surface area contributed by atoms with E-state index in [9.17, 15) is 4.79 Å². The minimum Gasteiger partial charge on any atom is -0.468 e. The van der Waals surface area contributed by atoms with E-state index in [-0.39, 0.29) is 5.56 Å². The molecule has 0 saturated heterocycles. The van der Waals surface area contributed by atoms with Crippen LogP contribution in [0.2, 0.25) is 0 Å². The maximum Gasteiger partial charge on any atom is 0.299 e. The van der Waals surface area contributed by atoms with Crippen molar-refractivity contribution in [1.82, 2.24) is 14.9 Å². The number of hydrogen-bond acceptors (Lipinski definition) is 5. The summed E-state index contributed by atoms with van der Waals surface area (Å²) < 4.78 is 6.70. The standard InChI is InChI=1S/C14H19N3O2S/c1-11-10-13(18)17(14(16-11)19-2)8-7-15-6-5-12-4-3-9-20-12/h3-4,9-10,15H,5-8H2,1-2H3. The molecule has 6 heteroatoms. The molecule has 0 aromatic carbocycles. The van der Waals surface area contributed by atoms with Crippen LogP contribution in [0.1, 0.15) is 10.6 Å². The van der Waals surface area contributed by atoms with Crippen LogP contribution in [0.4, 0.5) is 0 Å². The number of methoxy groups -OCH3 is 1. The van der Waals surface area contributed by atoms with Crippen LogP contribution in [-0.4, -0.2) is 29.8 Å². The van der Waals surface area contributed by atoms with Crippen molar-refractivity contribution in [2.75, 3.05) is 20.2 Å². The molecule has 0 fully saturated rings. The molecule has 0 aliphatic carbocycles. The van der Waals surface area contributed by atoms with E-state index < -0.39 is 0 Å². The first-order valence-electron chi connectivity index (χ1n) is 6.56. The van der Waals surface area contributed by atoms with Crippen LogP contribution >= 0.6 is 11.3 Å². The van der Waals surface area contributed by atoms with Gasteiger partial charge in [-0.05, 0) is 24.8 Å². The van der Waals surface area contributed by atoms with Crippen molar-refractivity contribution in [1.29, 1.82) is 0 Å². The molecule has 0 unspecified atom stereocenters. The highest BCUT2D eigenvalue weighted by molar-refractivity contribution is 7.09. The van der Waals surface area contributed by atoms with Gasteiger partial charge in [0.05, 0.1) is 7.11 Å². The van der Waals surface area contributed by atoms with E-state index in [0.29, 0.717) is 24.8 Å². The predicted octanol–water partition coefficient (Wildman–Crippen LogP) is 1.45. The van der Waals surface area contributed by atoms with Crippen LogP contribution in [0, 0.1) is 6.92 Å². The Morgan fingerprint density at radius 3 is 3.00 bits per heavy atom. The summed E-state index contributed by atoms with van der Waals surface area (Å²) in [5.74, 6) is 0. The predicted molar refractivity (Wildman–Crippen MR) is 80.7 cm³/mol. The van der Waals surface area contributed by atoms with Crippen LogP contribution in [0.15, 0.2) is 28.4 Å². The number of aryl methyl sites for hydroxylation is 1. The zero-order chi connectivity index (χ0) is 14.4. The van der Waals surface area contributed by atoms with Gasteiger partial charge >= 0.3 is 0 Å². The molecule has 0 aliphatic rings. The Hall–Kier alpha value is -1.66. The Balaban J connectivity index is 1.83. The molecule has 1 N–H and O–H groups in total. The summed E-state index contributed by atoms with van der Waals surface area (Å²) in [7, 11) is 1.53. The first-order valence-corrected chi connectivity index (χ1v) is 7.44. The third kappa shape index (κ3) is 3.91. The van der Waals surface area contributed by atoms with Crippen molar-refractivity contribution in [2.24, 2.45) is 0 Å². The maximum atomic E-state index is 11.9. The molecular weight excluding hydrogens is 274 g/mol. The molecule has 5 nitrogen and oxygen atoms in total. The van der Waals surface area contributed by atoms with Crippen molar-refractivity contribution in [2.45, 2.75) is 19.9 Å². The van der Waals surface area contributed by atoms with Gasteiger partial charge in [-0.3, -0.25) is 9.36 Å². The van der Waals surface area contributed by atoms with Gasteiger partial charge in [-0.25, -0.2) is 4.98 Å². The van der Waals surface area contributed by atoms with E-state index in [0.717, 1.165) is 13.0 Å². The number of nitrogens with zero attached hydrogens (tertiary/aromatic N) is 2. The smallest absolute Gasteiger partial charge is 0.299 e. The molecule has 0 aliphatic heterocycles. The zero-order valence-electron chi connectivity index (χ0n) is 11.8. The highest BCUT2D eigenvalue weighted by Gasteiger charge is 2.06. The SMILES string of the molecule is COc1nc(C)cc(=O)n1CCNCCc1cccs1. The normalized spacial score (nSPS) is 10.7. The molecule has 2 aromatic heterocycles. The Morgan fingerprint density at radius 2 is 2.30 bits per heavy atom. The van der Waals surface area contributed by atoms with Gasteiger partial charge in [0.15, 0.2) is 0 Å². The second kappa shape index (κ2) is 7.21. The van der Waals surface area contributed by atoms with Crippen molar-refractivity contribution in [3.8, 4) is 6.01 Å². The van der Waals surface area contributed by atoms with E-state index in [1.807, 2.05) is 0 Å². The van der Waals surface area contributed by atoms with Gasteiger partial charge < -0.3 is 10.1 Å². The number of ether oxygens (including phenoxy) is 1. The maximum absolute atomic E-state index is 11.9. The lowest BCUT2D eigenvalue weighted by molar-refractivity contribution is 0.342. The molecule has 108 valence electrons. The molecule has 0 atom stereocenters. The van der Waals surface area contributed by atoms with Crippen LogP contribution in [0.25, 0.3) is 0 Å². The van der Waals surface area contributed by atoms with Crippen LogP contribution in [0.5, 0.6) is 6.01 Å². The Labute approximate surface area is 122 Å². The molecule has 2 aromatic rings. The second-order valence-corrected chi connectivity index (χ2v) is 5.49. The average molecular weight is 293 g/mol. The number of hydrogen-bond donors (Lipinski definition) is 1. The van der Waals surface area contributed by atoms with Crippen LogP contribution in [0.3, 0.4) is 0 Å². The zero-order valence-corrected chi connectivity index (χ0v) is 12.6. The summed E-state index contributed by atoms with van der Waals surface area (Å²) in [6.07, 6.45) is 1.01. The van der Waals surface area contributed by atoms with Crippen molar-refractivity contribution >= 4 is 11.3 Å². The molecule has 0 radical (unpaired) electrons. The lowest BCUT2D eigenvalue weighted by Crippen LogP contribution is -2.29. The van der Waals surface area contributed by atoms with Crippen LogP contribution in [-0.2, 0) is 13.0 Å². The Bertz CT molecular complexity index is 593. The fraction of sp³-hybridized carbons (Fsp3) is 0.429. The molecule has 0 spiro atoms. The lowest BCUT2D eigenvalue weighted by Gasteiger charge is -2.11. The van der Waals surface area contributed by atoms with Gasteiger partial charge in [-0.2, -0.15) is 0 Å². The average Bonchev–Trinajstić information content (AvgIpc) is 2.93. The van der Waals surface area contributed by atoms with Crippen molar-refractivity contribution in [3.05, 3.63) is 44.5 Å². The third-order valence-corrected chi connectivity index (χ3v) is 3.86. The number of rotatable bonds is 7. The van der Waals surface area contributed by atoms with Crippen molar-refractivity contribution < 1.29 is 4.74 Å². The van der Waals surface area contributed by atoms with E-state index in [1.165, 1.54) is 18.1 Å². The molecular formula is C14H19N3O2S. The minimum atomic E-state index is -0.0746. The summed E-state index contributed by atoms with van der Waals surface area (Å²) >= 11 is 1.76. The first-order chi connectivity index (χ1) is 9.70. The van der Waals surface area contributed by atoms with E-state index in [4.69, 9.17) is 4.74 Å². The van der Waals surface area contributed by atoms with Gasteiger partial charge in [0.25, 0.3) is 11.6 Å². The van der Waals surface area contributed by atoms with Crippen LogP contribution < -0.4 is 15.6 Å². The van der Waals surface area contributed by atoms with Gasteiger partial charge in [-0.15, -0.1) is 11.3 Å². The fourth-order valence-electron chi connectivity index (χ4n) is 1.94. The second-order valence-electron chi connectivity index (χ2n) is 4.45. The molecule has 0 bridgehead atoms. The first kappa shape index (κ1) is 14.7. The summed E-state index contributed by atoms with van der Waals surface area (Å²) in [4.78, 5) is 17.5. The third-order valence-electron chi connectivity index (χ3n) is 2.92. The van der Waals surface area contributed by atoms with Crippen molar-refractivity contribution in [3.63, 3.8) is 0 Å². The summed E-state index contributed by atoms with van der Waals surface area (Å²) in [6, 6.07) is 6.08. The quantitative estimate of drug-likeness (QED) is 0.785. The van der Waals surface area contributed by atoms with E-state index in [2.05, 4.69) is 27.8 Å².